The van der Waals surface area contributed by atoms with Gasteiger partial charge in [0.05, 0.1) is 5.69 Å². The fourth-order valence-corrected chi connectivity index (χ4v) is 2.68. The number of aromatic amines is 1. The molecule has 1 aromatic heterocycles. The van der Waals surface area contributed by atoms with E-state index in [9.17, 15) is 0 Å². The number of H-pyrrole nitrogens is 1. The fourth-order valence-electron chi connectivity index (χ4n) is 2.68. The number of benzene rings is 1. The van der Waals surface area contributed by atoms with Crippen LogP contribution in [0.15, 0.2) is 24.4 Å². The third-order valence-corrected chi connectivity index (χ3v) is 3.98. The highest BCUT2D eigenvalue weighted by Crippen LogP contribution is 2.28. The first-order valence-electron chi connectivity index (χ1n) is 6.81. The summed E-state index contributed by atoms with van der Waals surface area (Å²) in [5.74, 6) is 0. The zero-order chi connectivity index (χ0) is 12.5. The second-order valence-corrected chi connectivity index (χ2v) is 5.20. The Balaban J connectivity index is 1.96. The van der Waals surface area contributed by atoms with E-state index in [1.54, 1.807) is 0 Å². The highest BCUT2D eigenvalue weighted by atomic mass is 15.2. The van der Waals surface area contributed by atoms with Crippen molar-refractivity contribution in [1.82, 2.24) is 9.88 Å². The van der Waals surface area contributed by atoms with Crippen LogP contribution in [0.4, 0.5) is 5.69 Å². The number of anilines is 1. The lowest BCUT2D eigenvalue weighted by Gasteiger charge is -2.33. The maximum Gasteiger partial charge on any atom is 0.0624 e. The summed E-state index contributed by atoms with van der Waals surface area (Å²) in [5.41, 5.74) is 4.03. The van der Waals surface area contributed by atoms with Gasteiger partial charge in [-0.25, -0.2) is 0 Å². The van der Waals surface area contributed by atoms with Gasteiger partial charge in [-0.3, -0.25) is 0 Å². The highest BCUT2D eigenvalue weighted by Gasteiger charge is 2.17. The molecule has 0 radical (unpaired) electrons. The molecule has 3 rings (SSSR count). The second-order valence-electron chi connectivity index (χ2n) is 5.20. The molecule has 0 aliphatic carbocycles. The van der Waals surface area contributed by atoms with Crippen LogP contribution in [0.25, 0.3) is 10.9 Å². The number of likely N-dealkylation sites (N-methyl/N-ethyl adjacent to an activating group) is 1. The third kappa shape index (κ3) is 1.99. The summed E-state index contributed by atoms with van der Waals surface area (Å²) in [6.07, 6.45) is 3.26. The summed E-state index contributed by atoms with van der Waals surface area (Å²) >= 11 is 0. The molecule has 3 nitrogen and oxygen atoms in total. The average Bonchev–Trinajstić information content (AvgIpc) is 2.82. The number of aryl methyl sites for hydroxylation is 1. The van der Waals surface area contributed by atoms with E-state index < -0.39 is 0 Å². The largest absolute Gasteiger partial charge is 0.367 e. The zero-order valence-corrected chi connectivity index (χ0v) is 11.2. The van der Waals surface area contributed by atoms with Crippen molar-refractivity contribution in [2.75, 3.05) is 38.1 Å². The first-order chi connectivity index (χ1) is 8.78. The van der Waals surface area contributed by atoms with Crippen LogP contribution in [0.3, 0.4) is 0 Å². The number of fused-ring (bicyclic) bond motifs is 1. The van der Waals surface area contributed by atoms with Crippen molar-refractivity contribution in [2.24, 2.45) is 0 Å². The van der Waals surface area contributed by atoms with Crippen molar-refractivity contribution in [1.29, 1.82) is 0 Å². The molecule has 2 heterocycles. The SMILES string of the molecule is CCc1ccc2[nH]cc(N3CCN(C)CC3)c2c1. The van der Waals surface area contributed by atoms with Crippen LogP contribution in [-0.4, -0.2) is 43.1 Å². The predicted molar refractivity (Wildman–Crippen MR) is 77.4 cm³/mol. The van der Waals surface area contributed by atoms with Crippen molar-refractivity contribution in [3.63, 3.8) is 0 Å². The summed E-state index contributed by atoms with van der Waals surface area (Å²) in [6, 6.07) is 6.75. The van der Waals surface area contributed by atoms with Gasteiger partial charge in [-0.2, -0.15) is 0 Å². The minimum absolute atomic E-state index is 1.10. The Morgan fingerprint density at radius 3 is 2.67 bits per heavy atom. The number of nitrogens with zero attached hydrogens (tertiary/aromatic N) is 2. The van der Waals surface area contributed by atoms with Gasteiger partial charge in [0.2, 0.25) is 0 Å². The smallest absolute Gasteiger partial charge is 0.0624 e. The first kappa shape index (κ1) is 11.6. The van der Waals surface area contributed by atoms with Gasteiger partial charge in [0.25, 0.3) is 0 Å². The highest BCUT2D eigenvalue weighted by molar-refractivity contribution is 5.93. The first-order valence-corrected chi connectivity index (χ1v) is 6.81. The fraction of sp³-hybridized carbons (Fsp3) is 0.467. The normalized spacial score (nSPS) is 17.6. The van der Waals surface area contributed by atoms with Crippen LogP contribution < -0.4 is 4.90 Å². The van der Waals surface area contributed by atoms with E-state index in [1.807, 2.05) is 0 Å². The van der Waals surface area contributed by atoms with Gasteiger partial charge in [0.1, 0.15) is 0 Å². The lowest BCUT2D eigenvalue weighted by molar-refractivity contribution is 0.313. The number of rotatable bonds is 2. The second kappa shape index (κ2) is 4.65. The molecule has 0 unspecified atom stereocenters. The molecule has 1 aliphatic heterocycles. The Hall–Kier alpha value is -1.48. The van der Waals surface area contributed by atoms with E-state index in [-0.39, 0.29) is 0 Å². The van der Waals surface area contributed by atoms with Crippen LogP contribution in [0.2, 0.25) is 0 Å². The van der Waals surface area contributed by atoms with Gasteiger partial charge in [-0.15, -0.1) is 0 Å². The Morgan fingerprint density at radius 1 is 1.17 bits per heavy atom. The number of nitrogens with one attached hydrogen (secondary N) is 1. The molecule has 0 bridgehead atoms. The Kier molecular flexibility index (Phi) is 3.00. The van der Waals surface area contributed by atoms with E-state index in [0.29, 0.717) is 0 Å². The molecule has 0 spiro atoms. The molecular formula is C15H21N3. The molecule has 96 valence electrons. The van der Waals surface area contributed by atoms with Crippen molar-refractivity contribution in [3.8, 4) is 0 Å². The van der Waals surface area contributed by atoms with Crippen LogP contribution in [0, 0.1) is 0 Å². The maximum absolute atomic E-state index is 3.39. The zero-order valence-electron chi connectivity index (χ0n) is 11.2. The summed E-state index contributed by atoms with van der Waals surface area (Å²) in [4.78, 5) is 8.28. The van der Waals surface area contributed by atoms with Gasteiger partial charge in [0.15, 0.2) is 0 Å². The van der Waals surface area contributed by atoms with Crippen LogP contribution in [-0.2, 0) is 6.42 Å². The molecule has 1 N–H and O–H groups in total. The molecule has 1 aliphatic rings. The van der Waals surface area contributed by atoms with E-state index in [2.05, 4.69) is 53.2 Å². The monoisotopic (exact) mass is 243 g/mol. The number of hydrogen-bond donors (Lipinski definition) is 1. The lowest BCUT2D eigenvalue weighted by Crippen LogP contribution is -2.44. The molecule has 0 saturated carbocycles. The molecular weight excluding hydrogens is 222 g/mol. The average molecular weight is 243 g/mol. The van der Waals surface area contributed by atoms with E-state index >= 15 is 0 Å². The molecule has 3 heteroatoms. The maximum atomic E-state index is 3.39. The van der Waals surface area contributed by atoms with Crippen LogP contribution in [0.1, 0.15) is 12.5 Å². The van der Waals surface area contributed by atoms with Gasteiger partial charge >= 0.3 is 0 Å². The third-order valence-electron chi connectivity index (χ3n) is 3.98. The Labute approximate surface area is 108 Å². The van der Waals surface area contributed by atoms with Crippen molar-refractivity contribution >= 4 is 16.6 Å². The Morgan fingerprint density at radius 2 is 1.94 bits per heavy atom. The summed E-state index contributed by atoms with van der Waals surface area (Å²) in [5, 5.41) is 1.37. The molecule has 0 amide bonds. The van der Waals surface area contributed by atoms with Crippen molar-refractivity contribution in [3.05, 3.63) is 30.0 Å². The molecule has 1 fully saturated rings. The van der Waals surface area contributed by atoms with Gasteiger partial charge < -0.3 is 14.8 Å². The molecule has 0 atom stereocenters. The summed E-state index contributed by atoms with van der Waals surface area (Å²) in [6.45, 7) is 6.77. The summed E-state index contributed by atoms with van der Waals surface area (Å²) < 4.78 is 0. The van der Waals surface area contributed by atoms with Gasteiger partial charge in [-0.1, -0.05) is 13.0 Å². The number of hydrogen-bond acceptors (Lipinski definition) is 2. The van der Waals surface area contributed by atoms with Crippen molar-refractivity contribution < 1.29 is 0 Å². The minimum Gasteiger partial charge on any atom is -0.367 e. The van der Waals surface area contributed by atoms with Gasteiger partial charge in [0, 0.05) is 43.3 Å². The van der Waals surface area contributed by atoms with Gasteiger partial charge in [-0.05, 0) is 31.2 Å². The molecule has 1 aromatic carbocycles. The van der Waals surface area contributed by atoms with Crippen LogP contribution >= 0.6 is 0 Å². The molecule has 1 saturated heterocycles. The lowest BCUT2D eigenvalue weighted by atomic mass is 10.1. The quantitative estimate of drug-likeness (QED) is 0.875. The summed E-state index contributed by atoms with van der Waals surface area (Å²) in [7, 11) is 2.20. The molecule has 2 aromatic rings. The predicted octanol–water partition coefficient (Wildman–Crippen LogP) is 2.48. The molecule has 18 heavy (non-hydrogen) atoms. The number of piperazine rings is 1. The Bertz CT molecular complexity index is 536. The number of aromatic nitrogens is 1. The topological polar surface area (TPSA) is 22.3 Å². The minimum atomic E-state index is 1.10. The van der Waals surface area contributed by atoms with Crippen molar-refractivity contribution in [2.45, 2.75) is 13.3 Å². The van der Waals surface area contributed by atoms with E-state index in [1.165, 1.54) is 22.2 Å². The standard InChI is InChI=1S/C15H21N3/c1-3-12-4-5-14-13(10-12)15(11-16-14)18-8-6-17(2)7-9-18/h4-5,10-11,16H,3,6-9H2,1-2H3. The van der Waals surface area contributed by atoms with E-state index in [0.717, 1.165) is 32.6 Å². The van der Waals surface area contributed by atoms with Crippen LogP contribution in [0.5, 0.6) is 0 Å². The van der Waals surface area contributed by atoms with E-state index in [4.69, 9.17) is 0 Å².